The van der Waals surface area contributed by atoms with Crippen LogP contribution in [0.1, 0.15) is 51.4 Å². The van der Waals surface area contributed by atoms with Crippen LogP contribution in [0.25, 0.3) is 0 Å². The molecular weight excluding hydrogens is 284 g/mol. The molecule has 1 aliphatic heterocycles. The molecule has 4 rings (SSSR count). The number of carbonyl (C=O) groups excluding carboxylic acids is 1. The lowest BCUT2D eigenvalue weighted by molar-refractivity contribution is -0.117. The van der Waals surface area contributed by atoms with E-state index in [1.54, 1.807) is 0 Å². The molecule has 1 aromatic carbocycles. The van der Waals surface area contributed by atoms with Gasteiger partial charge in [0.2, 0.25) is 5.91 Å². The number of hydrogen-bond donors (Lipinski definition) is 1. The summed E-state index contributed by atoms with van der Waals surface area (Å²) in [5, 5.41) is 3.10. The molecule has 3 heteroatoms. The summed E-state index contributed by atoms with van der Waals surface area (Å²) in [5.74, 6) is 2.59. The number of piperidine rings is 1. The molecule has 1 N–H and O–H groups in total. The van der Waals surface area contributed by atoms with E-state index in [0.717, 1.165) is 37.0 Å². The third-order valence-electron chi connectivity index (χ3n) is 6.20. The highest BCUT2D eigenvalue weighted by Gasteiger charge is 2.40. The molecule has 124 valence electrons. The van der Waals surface area contributed by atoms with Crippen LogP contribution in [0, 0.1) is 17.8 Å². The van der Waals surface area contributed by atoms with Gasteiger partial charge < -0.3 is 10.2 Å². The average molecular weight is 312 g/mol. The molecule has 3 nitrogen and oxygen atoms in total. The largest absolute Gasteiger partial charge is 0.372 e. The minimum atomic E-state index is 0.202. The van der Waals surface area contributed by atoms with Crippen molar-refractivity contribution < 1.29 is 4.79 Å². The predicted molar refractivity (Wildman–Crippen MR) is 94.7 cm³/mol. The van der Waals surface area contributed by atoms with Gasteiger partial charge in [0.05, 0.1) is 0 Å². The Hall–Kier alpha value is -1.51. The second-order valence-electron chi connectivity index (χ2n) is 7.78. The Morgan fingerprint density at radius 2 is 1.83 bits per heavy atom. The number of fused-ring (bicyclic) bond motifs is 2. The van der Waals surface area contributed by atoms with Crippen LogP contribution in [-0.2, 0) is 4.79 Å². The highest BCUT2D eigenvalue weighted by atomic mass is 16.1. The van der Waals surface area contributed by atoms with E-state index in [0.29, 0.717) is 5.92 Å². The first-order valence-corrected chi connectivity index (χ1v) is 9.43. The van der Waals surface area contributed by atoms with Crippen molar-refractivity contribution in [1.29, 1.82) is 0 Å². The lowest BCUT2D eigenvalue weighted by Crippen LogP contribution is -2.29. The zero-order chi connectivity index (χ0) is 15.6. The molecule has 2 saturated carbocycles. The molecule has 23 heavy (non-hydrogen) atoms. The molecule has 2 bridgehead atoms. The molecule has 0 unspecified atom stereocenters. The van der Waals surface area contributed by atoms with Gasteiger partial charge in [-0.05, 0) is 80.5 Å². The maximum Gasteiger partial charge on any atom is 0.224 e. The fraction of sp³-hybridized carbons (Fsp3) is 0.650. The van der Waals surface area contributed by atoms with E-state index in [4.69, 9.17) is 0 Å². The molecule has 1 amide bonds. The molecule has 0 radical (unpaired) electrons. The number of rotatable bonds is 4. The van der Waals surface area contributed by atoms with Gasteiger partial charge in [0.25, 0.3) is 0 Å². The Labute approximate surface area is 139 Å². The maximum absolute atomic E-state index is 12.3. The van der Waals surface area contributed by atoms with Gasteiger partial charge in [0.1, 0.15) is 0 Å². The van der Waals surface area contributed by atoms with Crippen LogP contribution in [0.15, 0.2) is 24.3 Å². The van der Waals surface area contributed by atoms with Gasteiger partial charge in [-0.25, -0.2) is 0 Å². The molecule has 3 atom stereocenters. The second kappa shape index (κ2) is 6.54. The predicted octanol–water partition coefficient (Wildman–Crippen LogP) is 4.44. The van der Waals surface area contributed by atoms with E-state index in [-0.39, 0.29) is 5.91 Å². The van der Waals surface area contributed by atoms with E-state index in [2.05, 4.69) is 34.5 Å². The van der Waals surface area contributed by atoms with Crippen molar-refractivity contribution in [2.24, 2.45) is 17.8 Å². The molecule has 1 aromatic rings. The molecule has 1 heterocycles. The van der Waals surface area contributed by atoms with Gasteiger partial charge in [0, 0.05) is 30.9 Å². The van der Waals surface area contributed by atoms with Gasteiger partial charge in [-0.1, -0.05) is 6.42 Å². The molecule has 2 aliphatic carbocycles. The van der Waals surface area contributed by atoms with Crippen molar-refractivity contribution in [3.8, 4) is 0 Å². The summed E-state index contributed by atoms with van der Waals surface area (Å²) in [4.78, 5) is 14.8. The van der Waals surface area contributed by atoms with Gasteiger partial charge in [-0.3, -0.25) is 4.79 Å². The highest BCUT2D eigenvalue weighted by molar-refractivity contribution is 5.91. The number of hydrogen-bond acceptors (Lipinski definition) is 2. The summed E-state index contributed by atoms with van der Waals surface area (Å²) >= 11 is 0. The monoisotopic (exact) mass is 312 g/mol. The van der Waals surface area contributed by atoms with E-state index < -0.39 is 0 Å². The third-order valence-corrected chi connectivity index (χ3v) is 6.20. The number of carbonyl (C=O) groups is 1. The van der Waals surface area contributed by atoms with E-state index in [9.17, 15) is 4.79 Å². The Bertz CT molecular complexity index is 547. The average Bonchev–Trinajstić information content (AvgIpc) is 3.19. The Balaban J connectivity index is 1.30. The lowest BCUT2D eigenvalue weighted by atomic mass is 9.86. The fourth-order valence-corrected chi connectivity index (χ4v) is 4.98. The van der Waals surface area contributed by atoms with Crippen molar-refractivity contribution in [1.82, 2.24) is 0 Å². The SMILES string of the molecule is O=C(C[C@H]1C[C@H]2CC[C@@H]1C2)Nc1ccc(N2CCCCC2)cc1. The van der Waals surface area contributed by atoms with Gasteiger partial charge in [0.15, 0.2) is 0 Å². The zero-order valence-corrected chi connectivity index (χ0v) is 14.0. The molecule has 1 saturated heterocycles. The topological polar surface area (TPSA) is 32.3 Å². The van der Waals surface area contributed by atoms with Crippen LogP contribution in [0.4, 0.5) is 11.4 Å². The van der Waals surface area contributed by atoms with Crippen molar-refractivity contribution in [3.05, 3.63) is 24.3 Å². The number of amides is 1. The Morgan fingerprint density at radius 3 is 2.48 bits per heavy atom. The van der Waals surface area contributed by atoms with Crippen molar-refractivity contribution in [2.45, 2.75) is 51.4 Å². The van der Waals surface area contributed by atoms with E-state index >= 15 is 0 Å². The van der Waals surface area contributed by atoms with E-state index in [1.807, 2.05) is 0 Å². The second-order valence-corrected chi connectivity index (χ2v) is 7.78. The van der Waals surface area contributed by atoms with Crippen LogP contribution in [0.5, 0.6) is 0 Å². The van der Waals surface area contributed by atoms with Crippen LogP contribution in [-0.4, -0.2) is 19.0 Å². The van der Waals surface area contributed by atoms with Crippen molar-refractivity contribution in [2.75, 3.05) is 23.3 Å². The zero-order valence-electron chi connectivity index (χ0n) is 14.0. The standard InChI is InChI=1S/C20H28N2O/c23-20(14-17-13-15-4-5-16(17)12-15)21-18-6-8-19(9-7-18)22-10-2-1-3-11-22/h6-9,15-17H,1-5,10-14H2,(H,21,23)/t15-,16+,17+/m0/s1. The number of nitrogens with zero attached hydrogens (tertiary/aromatic N) is 1. The number of nitrogens with one attached hydrogen (secondary N) is 1. The first-order chi connectivity index (χ1) is 11.3. The van der Waals surface area contributed by atoms with Crippen LogP contribution in [0.3, 0.4) is 0 Å². The van der Waals surface area contributed by atoms with E-state index in [1.165, 1.54) is 50.6 Å². The Kier molecular flexibility index (Phi) is 4.28. The van der Waals surface area contributed by atoms with Gasteiger partial charge in [-0.15, -0.1) is 0 Å². The minimum Gasteiger partial charge on any atom is -0.372 e. The summed E-state index contributed by atoms with van der Waals surface area (Å²) in [7, 11) is 0. The maximum atomic E-state index is 12.3. The molecular formula is C20H28N2O. The quantitative estimate of drug-likeness (QED) is 0.891. The van der Waals surface area contributed by atoms with Crippen LogP contribution in [0.2, 0.25) is 0 Å². The molecule has 0 spiro atoms. The minimum absolute atomic E-state index is 0.202. The van der Waals surface area contributed by atoms with Crippen molar-refractivity contribution in [3.63, 3.8) is 0 Å². The lowest BCUT2D eigenvalue weighted by Gasteiger charge is -2.28. The summed E-state index contributed by atoms with van der Waals surface area (Å²) in [6.07, 6.45) is 10.1. The van der Waals surface area contributed by atoms with Gasteiger partial charge in [-0.2, -0.15) is 0 Å². The van der Waals surface area contributed by atoms with Crippen LogP contribution < -0.4 is 10.2 Å². The fourth-order valence-electron chi connectivity index (χ4n) is 4.98. The first-order valence-electron chi connectivity index (χ1n) is 9.43. The normalized spacial score (nSPS) is 29.7. The summed E-state index contributed by atoms with van der Waals surface area (Å²) in [5.41, 5.74) is 2.23. The molecule has 0 aromatic heterocycles. The first kappa shape index (κ1) is 15.0. The van der Waals surface area contributed by atoms with Crippen molar-refractivity contribution >= 4 is 17.3 Å². The molecule has 3 aliphatic rings. The summed E-state index contributed by atoms with van der Waals surface area (Å²) in [6.45, 7) is 2.33. The third kappa shape index (κ3) is 3.39. The van der Waals surface area contributed by atoms with Crippen LogP contribution >= 0.6 is 0 Å². The van der Waals surface area contributed by atoms with Gasteiger partial charge >= 0.3 is 0 Å². The smallest absolute Gasteiger partial charge is 0.224 e. The number of anilines is 2. The molecule has 3 fully saturated rings. The summed E-state index contributed by atoms with van der Waals surface area (Å²) in [6, 6.07) is 8.42. The summed E-state index contributed by atoms with van der Waals surface area (Å²) < 4.78 is 0. The number of benzene rings is 1. The highest BCUT2D eigenvalue weighted by Crippen LogP contribution is 2.49. The Morgan fingerprint density at radius 1 is 1.04 bits per heavy atom.